The fourth-order valence-corrected chi connectivity index (χ4v) is 3.18. The number of benzene rings is 1. The smallest absolute Gasteiger partial charge is 0.228 e. The molecule has 126 valence electrons. The lowest BCUT2D eigenvalue weighted by molar-refractivity contribution is 0.0515. The topological polar surface area (TPSA) is 59.1 Å². The summed E-state index contributed by atoms with van der Waals surface area (Å²) in [4.78, 5) is 8.23. The Morgan fingerprint density at radius 3 is 2.50 bits per heavy atom. The van der Waals surface area contributed by atoms with Gasteiger partial charge < -0.3 is 15.4 Å². The van der Waals surface area contributed by atoms with E-state index in [0.29, 0.717) is 11.1 Å². The van der Waals surface area contributed by atoms with Gasteiger partial charge in [-0.1, -0.05) is 23.7 Å². The van der Waals surface area contributed by atoms with E-state index in [0.717, 1.165) is 37.6 Å². The quantitative estimate of drug-likeness (QED) is 0.815. The minimum absolute atomic E-state index is 0.0217. The molecule has 1 aliphatic rings. The van der Waals surface area contributed by atoms with Gasteiger partial charge in [0.25, 0.3) is 0 Å². The summed E-state index contributed by atoms with van der Waals surface area (Å²) < 4.78 is 5.55. The van der Waals surface area contributed by atoms with E-state index >= 15 is 0 Å². The molecule has 3 rings (SSSR count). The summed E-state index contributed by atoms with van der Waals surface area (Å²) in [5.41, 5.74) is 1.23. The number of nitrogens with zero attached hydrogens (tertiary/aromatic N) is 2. The van der Waals surface area contributed by atoms with Gasteiger partial charge in [-0.15, -0.1) is 0 Å². The molecule has 2 aromatic rings. The number of nitrogens with one attached hydrogen (secondary N) is 2. The van der Waals surface area contributed by atoms with Crippen LogP contribution in [0.2, 0.25) is 5.02 Å². The zero-order valence-electron chi connectivity index (χ0n) is 13.2. The molecule has 1 aromatic carbocycles. The largest absolute Gasteiger partial charge is 0.381 e. The lowest BCUT2D eigenvalue weighted by atomic mass is 9.74. The van der Waals surface area contributed by atoms with Crippen LogP contribution >= 0.6 is 23.8 Å². The number of rotatable bonds is 4. The van der Waals surface area contributed by atoms with Crippen LogP contribution in [0.25, 0.3) is 0 Å². The van der Waals surface area contributed by atoms with Crippen molar-refractivity contribution in [3.63, 3.8) is 0 Å². The molecule has 0 radical (unpaired) electrons. The second kappa shape index (κ2) is 7.88. The zero-order valence-corrected chi connectivity index (χ0v) is 14.7. The van der Waals surface area contributed by atoms with Crippen LogP contribution in [0.1, 0.15) is 18.4 Å². The number of halogens is 1. The average molecular weight is 363 g/mol. The van der Waals surface area contributed by atoms with Crippen molar-refractivity contribution in [2.45, 2.75) is 18.3 Å². The normalized spacial score (nSPS) is 16.4. The van der Waals surface area contributed by atoms with Crippen LogP contribution in [0, 0.1) is 0 Å². The summed E-state index contributed by atoms with van der Waals surface area (Å²) in [6.45, 7) is 2.20. The van der Waals surface area contributed by atoms with Crippen molar-refractivity contribution in [2.24, 2.45) is 0 Å². The summed E-state index contributed by atoms with van der Waals surface area (Å²) in [5.74, 6) is 0.488. The van der Waals surface area contributed by atoms with E-state index in [2.05, 4.69) is 32.7 Å². The van der Waals surface area contributed by atoms with Crippen molar-refractivity contribution in [3.05, 3.63) is 53.3 Å². The summed E-state index contributed by atoms with van der Waals surface area (Å²) >= 11 is 11.4. The summed E-state index contributed by atoms with van der Waals surface area (Å²) in [7, 11) is 0. The Morgan fingerprint density at radius 1 is 1.17 bits per heavy atom. The molecule has 1 aliphatic heterocycles. The molecule has 0 saturated carbocycles. The van der Waals surface area contributed by atoms with Crippen molar-refractivity contribution < 1.29 is 4.74 Å². The van der Waals surface area contributed by atoms with Crippen molar-refractivity contribution in [3.8, 4) is 0 Å². The highest BCUT2D eigenvalue weighted by molar-refractivity contribution is 7.80. The molecular formula is C17H19ClN4OS. The monoisotopic (exact) mass is 362 g/mol. The molecule has 1 aromatic heterocycles. The fourth-order valence-electron chi connectivity index (χ4n) is 2.89. The first-order valence-electron chi connectivity index (χ1n) is 7.84. The number of thiocarbonyl (C=S) groups is 1. The van der Waals surface area contributed by atoms with E-state index in [9.17, 15) is 0 Å². The van der Waals surface area contributed by atoms with E-state index in [-0.39, 0.29) is 5.41 Å². The maximum Gasteiger partial charge on any atom is 0.228 e. The van der Waals surface area contributed by atoms with Crippen LogP contribution in [-0.2, 0) is 10.2 Å². The molecule has 0 spiro atoms. The fraction of sp³-hybridized carbons (Fsp3) is 0.353. The van der Waals surface area contributed by atoms with Crippen LogP contribution in [0.4, 0.5) is 5.95 Å². The second-order valence-electron chi connectivity index (χ2n) is 5.78. The van der Waals surface area contributed by atoms with Crippen LogP contribution in [0.3, 0.4) is 0 Å². The third-order valence-corrected chi connectivity index (χ3v) is 4.78. The van der Waals surface area contributed by atoms with E-state index in [1.54, 1.807) is 18.5 Å². The molecule has 2 heterocycles. The first kappa shape index (κ1) is 17.1. The van der Waals surface area contributed by atoms with Gasteiger partial charge in [-0.25, -0.2) is 9.97 Å². The Hall–Kier alpha value is -1.76. The Bertz CT molecular complexity index is 675. The number of anilines is 1. The lowest BCUT2D eigenvalue weighted by Crippen LogP contribution is -2.45. The van der Waals surface area contributed by atoms with Gasteiger partial charge in [-0.05, 0) is 48.8 Å². The van der Waals surface area contributed by atoms with Crippen molar-refractivity contribution in [1.29, 1.82) is 0 Å². The maximum absolute atomic E-state index is 6.03. The SMILES string of the molecule is S=C(NCC1(c2ccc(Cl)cc2)CCOCC1)Nc1ncccn1. The van der Waals surface area contributed by atoms with E-state index in [1.165, 1.54) is 5.56 Å². The van der Waals surface area contributed by atoms with Gasteiger partial charge in [0.05, 0.1) is 0 Å². The van der Waals surface area contributed by atoms with Gasteiger partial charge in [0.15, 0.2) is 5.11 Å². The van der Waals surface area contributed by atoms with Crippen LogP contribution in [0.5, 0.6) is 0 Å². The second-order valence-corrected chi connectivity index (χ2v) is 6.62. The first-order valence-corrected chi connectivity index (χ1v) is 8.62. The predicted octanol–water partition coefficient (Wildman–Crippen LogP) is 3.16. The van der Waals surface area contributed by atoms with Crippen molar-refractivity contribution >= 4 is 34.9 Å². The van der Waals surface area contributed by atoms with E-state index in [1.807, 2.05) is 12.1 Å². The van der Waals surface area contributed by atoms with Gasteiger partial charge in [0.2, 0.25) is 5.95 Å². The minimum atomic E-state index is -0.0217. The molecule has 0 atom stereocenters. The Morgan fingerprint density at radius 2 is 1.83 bits per heavy atom. The Kier molecular flexibility index (Phi) is 5.60. The summed E-state index contributed by atoms with van der Waals surface area (Å²) in [5, 5.41) is 7.57. The molecule has 5 nitrogen and oxygen atoms in total. The molecule has 7 heteroatoms. The summed E-state index contributed by atoms with van der Waals surface area (Å²) in [6.07, 6.45) is 5.22. The van der Waals surface area contributed by atoms with E-state index in [4.69, 9.17) is 28.6 Å². The molecule has 24 heavy (non-hydrogen) atoms. The van der Waals surface area contributed by atoms with Crippen LogP contribution < -0.4 is 10.6 Å². The number of ether oxygens (including phenoxy) is 1. The molecule has 0 aliphatic carbocycles. The van der Waals surface area contributed by atoms with Crippen molar-refractivity contribution in [2.75, 3.05) is 25.1 Å². The number of aromatic nitrogens is 2. The minimum Gasteiger partial charge on any atom is -0.381 e. The molecule has 0 bridgehead atoms. The van der Waals surface area contributed by atoms with E-state index < -0.39 is 0 Å². The highest BCUT2D eigenvalue weighted by Gasteiger charge is 2.34. The molecule has 1 saturated heterocycles. The standard InChI is InChI=1S/C17H19ClN4OS/c18-14-4-2-13(3-5-14)17(6-10-23-11-7-17)12-21-16(24)22-15-19-8-1-9-20-15/h1-5,8-9H,6-7,10-12H2,(H2,19,20,21,22,24). The molecular weight excluding hydrogens is 344 g/mol. The maximum atomic E-state index is 6.03. The van der Waals surface area contributed by atoms with Crippen LogP contribution in [0.15, 0.2) is 42.7 Å². The first-order chi connectivity index (χ1) is 11.7. The molecule has 0 amide bonds. The third kappa shape index (κ3) is 4.20. The van der Waals surface area contributed by atoms with Gasteiger partial charge >= 0.3 is 0 Å². The third-order valence-electron chi connectivity index (χ3n) is 4.28. The van der Waals surface area contributed by atoms with Gasteiger partial charge in [0.1, 0.15) is 0 Å². The number of hydrogen-bond donors (Lipinski definition) is 2. The Balaban J connectivity index is 1.68. The molecule has 1 fully saturated rings. The van der Waals surface area contributed by atoms with Gasteiger partial charge in [-0.3, -0.25) is 0 Å². The average Bonchev–Trinajstić information content (AvgIpc) is 2.62. The lowest BCUT2D eigenvalue weighted by Gasteiger charge is -2.38. The molecule has 0 unspecified atom stereocenters. The predicted molar refractivity (Wildman–Crippen MR) is 99.4 cm³/mol. The molecule has 2 N–H and O–H groups in total. The number of hydrogen-bond acceptors (Lipinski definition) is 4. The van der Waals surface area contributed by atoms with Crippen molar-refractivity contribution in [1.82, 2.24) is 15.3 Å². The van der Waals surface area contributed by atoms with Gasteiger partial charge in [0, 0.05) is 42.6 Å². The van der Waals surface area contributed by atoms with Gasteiger partial charge in [-0.2, -0.15) is 0 Å². The Labute approximate surface area is 151 Å². The van der Waals surface area contributed by atoms with Crippen LogP contribution in [-0.4, -0.2) is 34.8 Å². The highest BCUT2D eigenvalue weighted by Crippen LogP contribution is 2.34. The highest BCUT2D eigenvalue weighted by atomic mass is 35.5. The summed E-state index contributed by atoms with van der Waals surface area (Å²) in [6, 6.07) is 9.81. The zero-order chi connectivity index (χ0) is 16.8.